The minimum atomic E-state index is -4.51. The first kappa shape index (κ1) is 13.3. The Morgan fingerprint density at radius 1 is 1.30 bits per heavy atom. The van der Waals surface area contributed by atoms with Crippen molar-refractivity contribution in [2.24, 2.45) is 0 Å². The Morgan fingerprint density at radius 2 is 2.10 bits per heavy atom. The molecule has 1 amide bonds. The Bertz CT molecular complexity index is 521. The van der Waals surface area contributed by atoms with Gasteiger partial charge >= 0.3 is 6.18 Å². The van der Waals surface area contributed by atoms with Crippen LogP contribution < -0.4 is 5.32 Å². The molecule has 110 valence electrons. The van der Waals surface area contributed by atoms with E-state index in [1.54, 1.807) is 4.90 Å². The van der Waals surface area contributed by atoms with Gasteiger partial charge in [-0.25, -0.2) is 0 Å². The zero-order valence-electron chi connectivity index (χ0n) is 10.7. The summed E-state index contributed by atoms with van der Waals surface area (Å²) in [6.07, 6.45) is -2.79. The predicted octanol–water partition coefficient (Wildman–Crippen LogP) is 0.391. The van der Waals surface area contributed by atoms with E-state index in [0.717, 1.165) is 24.0 Å². The van der Waals surface area contributed by atoms with Crippen LogP contribution in [0.4, 0.5) is 13.2 Å². The number of hydrogen-bond acceptors (Lipinski definition) is 4. The first-order valence-corrected chi connectivity index (χ1v) is 6.48. The molecule has 0 aromatic carbocycles. The van der Waals surface area contributed by atoms with Gasteiger partial charge in [-0.05, 0) is 19.4 Å². The van der Waals surface area contributed by atoms with Gasteiger partial charge in [0.2, 0.25) is 11.7 Å². The van der Waals surface area contributed by atoms with Crippen molar-refractivity contribution < 1.29 is 18.0 Å². The molecule has 1 unspecified atom stereocenters. The fraction of sp³-hybridized carbons (Fsp3) is 0.727. The molecule has 1 N–H and O–H groups in total. The highest BCUT2D eigenvalue weighted by Crippen LogP contribution is 2.29. The standard InChI is InChI=1S/C11H14F3N5O/c12-11(13,14)10-17-16-8-6-18(4-5-19(8)10)9(20)7-2-1-3-15-7/h7,15H,1-6H2. The maximum atomic E-state index is 12.7. The van der Waals surface area contributed by atoms with Gasteiger partial charge in [-0.2, -0.15) is 13.2 Å². The molecule has 2 aliphatic heterocycles. The number of nitrogens with zero attached hydrogens (tertiary/aromatic N) is 4. The SMILES string of the molecule is O=C(C1CCCN1)N1CCn2c(nnc2C(F)(F)F)C1. The van der Waals surface area contributed by atoms with E-state index < -0.39 is 12.0 Å². The van der Waals surface area contributed by atoms with Gasteiger partial charge in [-0.1, -0.05) is 0 Å². The number of carbonyl (C=O) groups is 1. The molecule has 1 fully saturated rings. The first-order chi connectivity index (χ1) is 9.47. The molecule has 0 spiro atoms. The lowest BCUT2D eigenvalue weighted by Crippen LogP contribution is -2.47. The molecule has 0 saturated carbocycles. The van der Waals surface area contributed by atoms with E-state index in [9.17, 15) is 18.0 Å². The molecule has 2 aliphatic rings. The second kappa shape index (κ2) is 4.72. The number of rotatable bonds is 1. The average Bonchev–Trinajstić information content (AvgIpc) is 3.05. The Balaban J connectivity index is 1.76. The number of amides is 1. The van der Waals surface area contributed by atoms with Crippen LogP contribution in [0, 0.1) is 0 Å². The lowest BCUT2D eigenvalue weighted by atomic mass is 10.2. The quantitative estimate of drug-likeness (QED) is 0.812. The van der Waals surface area contributed by atoms with Gasteiger partial charge in [0.15, 0.2) is 5.82 Å². The van der Waals surface area contributed by atoms with Crippen molar-refractivity contribution in [3.05, 3.63) is 11.6 Å². The molecule has 3 heterocycles. The molecule has 1 atom stereocenters. The highest BCUT2D eigenvalue weighted by molar-refractivity contribution is 5.82. The minimum absolute atomic E-state index is 0.0645. The van der Waals surface area contributed by atoms with Crippen LogP contribution in [-0.4, -0.2) is 44.7 Å². The summed E-state index contributed by atoms with van der Waals surface area (Å²) in [4.78, 5) is 13.7. The third kappa shape index (κ3) is 2.26. The number of alkyl halides is 3. The molecule has 20 heavy (non-hydrogen) atoms. The van der Waals surface area contributed by atoms with Crippen molar-refractivity contribution in [3.8, 4) is 0 Å². The fourth-order valence-corrected chi connectivity index (χ4v) is 2.67. The van der Waals surface area contributed by atoms with Crippen LogP contribution in [0.3, 0.4) is 0 Å². The van der Waals surface area contributed by atoms with E-state index in [4.69, 9.17) is 0 Å². The lowest BCUT2D eigenvalue weighted by molar-refractivity contribution is -0.148. The molecule has 0 aliphatic carbocycles. The fourth-order valence-electron chi connectivity index (χ4n) is 2.67. The number of halogens is 3. The van der Waals surface area contributed by atoms with Gasteiger partial charge in [0.1, 0.15) is 0 Å². The highest BCUT2D eigenvalue weighted by Gasteiger charge is 2.40. The largest absolute Gasteiger partial charge is 0.451 e. The third-order valence-electron chi connectivity index (χ3n) is 3.68. The monoisotopic (exact) mass is 289 g/mol. The Kier molecular flexibility index (Phi) is 3.15. The summed E-state index contributed by atoms with van der Waals surface area (Å²) in [5.74, 6) is -0.862. The topological polar surface area (TPSA) is 63.1 Å². The van der Waals surface area contributed by atoms with Crippen molar-refractivity contribution in [1.29, 1.82) is 0 Å². The number of aromatic nitrogens is 3. The van der Waals surface area contributed by atoms with E-state index in [0.29, 0.717) is 0 Å². The summed E-state index contributed by atoms with van der Waals surface area (Å²) in [6, 6.07) is -0.216. The Morgan fingerprint density at radius 3 is 2.75 bits per heavy atom. The first-order valence-electron chi connectivity index (χ1n) is 6.48. The normalized spacial score (nSPS) is 22.9. The maximum absolute atomic E-state index is 12.7. The van der Waals surface area contributed by atoms with Crippen LogP contribution in [0.25, 0.3) is 0 Å². The molecule has 9 heteroatoms. The van der Waals surface area contributed by atoms with E-state index in [1.807, 2.05) is 0 Å². The smallest absolute Gasteiger partial charge is 0.332 e. The van der Waals surface area contributed by atoms with Crippen molar-refractivity contribution in [1.82, 2.24) is 25.0 Å². The molecule has 1 aromatic heterocycles. The maximum Gasteiger partial charge on any atom is 0.451 e. The summed E-state index contributed by atoms with van der Waals surface area (Å²) in [7, 11) is 0. The van der Waals surface area contributed by atoms with Crippen LogP contribution in [0.1, 0.15) is 24.5 Å². The minimum Gasteiger partial charge on any atom is -0.332 e. The number of fused-ring (bicyclic) bond motifs is 1. The van der Waals surface area contributed by atoms with Gasteiger partial charge in [0.05, 0.1) is 12.6 Å². The number of carbonyl (C=O) groups excluding carboxylic acids is 1. The molecule has 0 radical (unpaired) electrons. The number of nitrogens with one attached hydrogen (secondary N) is 1. The number of hydrogen-bond donors (Lipinski definition) is 1. The highest BCUT2D eigenvalue weighted by atomic mass is 19.4. The summed E-state index contributed by atoms with van der Waals surface area (Å²) in [6.45, 7) is 1.22. The van der Waals surface area contributed by atoms with Crippen molar-refractivity contribution >= 4 is 5.91 Å². The third-order valence-corrected chi connectivity index (χ3v) is 3.68. The summed E-state index contributed by atoms with van der Waals surface area (Å²) >= 11 is 0. The molecule has 1 aromatic rings. The van der Waals surface area contributed by atoms with Crippen molar-refractivity contribution in [3.63, 3.8) is 0 Å². The van der Waals surface area contributed by atoms with E-state index >= 15 is 0 Å². The van der Waals surface area contributed by atoms with Crippen LogP contribution in [0.2, 0.25) is 0 Å². The Labute approximate surface area is 112 Å². The van der Waals surface area contributed by atoms with Gasteiger partial charge in [-0.3, -0.25) is 4.79 Å². The van der Waals surface area contributed by atoms with E-state index in [2.05, 4.69) is 15.5 Å². The second-order valence-electron chi connectivity index (χ2n) is 5.00. The van der Waals surface area contributed by atoms with Gasteiger partial charge < -0.3 is 14.8 Å². The van der Waals surface area contributed by atoms with Crippen LogP contribution >= 0.6 is 0 Å². The summed E-state index contributed by atoms with van der Waals surface area (Å²) < 4.78 is 39.1. The van der Waals surface area contributed by atoms with Crippen LogP contribution in [0.5, 0.6) is 0 Å². The molecular weight excluding hydrogens is 275 g/mol. The van der Waals surface area contributed by atoms with Crippen LogP contribution in [0.15, 0.2) is 0 Å². The second-order valence-corrected chi connectivity index (χ2v) is 5.00. The van der Waals surface area contributed by atoms with Gasteiger partial charge in [0.25, 0.3) is 0 Å². The van der Waals surface area contributed by atoms with Gasteiger partial charge in [0, 0.05) is 13.1 Å². The average molecular weight is 289 g/mol. The molecule has 3 rings (SSSR count). The molecule has 6 nitrogen and oxygen atoms in total. The van der Waals surface area contributed by atoms with Gasteiger partial charge in [-0.15, -0.1) is 10.2 Å². The Hall–Kier alpha value is -1.64. The van der Waals surface area contributed by atoms with Crippen molar-refractivity contribution in [2.75, 3.05) is 13.1 Å². The lowest BCUT2D eigenvalue weighted by Gasteiger charge is -2.30. The molecule has 1 saturated heterocycles. The zero-order chi connectivity index (χ0) is 14.3. The van der Waals surface area contributed by atoms with E-state index in [-0.39, 0.29) is 37.4 Å². The predicted molar refractivity (Wildman–Crippen MR) is 61.5 cm³/mol. The molecular formula is C11H14F3N5O. The summed E-state index contributed by atoms with van der Waals surface area (Å²) in [5.41, 5.74) is 0. The summed E-state index contributed by atoms with van der Waals surface area (Å²) in [5, 5.41) is 9.85. The van der Waals surface area contributed by atoms with Crippen LogP contribution in [-0.2, 0) is 24.1 Å². The van der Waals surface area contributed by atoms with Crippen molar-refractivity contribution in [2.45, 2.75) is 38.1 Å². The van der Waals surface area contributed by atoms with E-state index in [1.165, 1.54) is 0 Å². The molecule has 0 bridgehead atoms. The zero-order valence-corrected chi connectivity index (χ0v) is 10.7.